The molecule has 0 radical (unpaired) electrons. The molecule has 0 atom stereocenters. The lowest BCUT2D eigenvalue weighted by molar-refractivity contribution is -0.149. The number of carbonyl (C=O) groups excluding carboxylic acids is 1. The maximum Gasteiger partial charge on any atom is 0.323 e. The van der Waals surface area contributed by atoms with Crippen molar-refractivity contribution in [2.24, 2.45) is 11.1 Å². The van der Waals surface area contributed by atoms with Gasteiger partial charge in [0.2, 0.25) is 5.91 Å². The van der Waals surface area contributed by atoms with Crippen LogP contribution in [0.4, 0.5) is 0 Å². The molecule has 0 saturated heterocycles. The molecule has 1 rings (SSSR count). The van der Waals surface area contributed by atoms with Crippen LogP contribution in [0.25, 0.3) is 0 Å². The molecule has 1 fully saturated rings. The zero-order valence-electron chi connectivity index (χ0n) is 10.4. The number of nitrogens with two attached hydrogens (primary N) is 1. The van der Waals surface area contributed by atoms with Crippen molar-refractivity contribution >= 4 is 11.9 Å². The van der Waals surface area contributed by atoms with E-state index >= 15 is 0 Å². The first kappa shape index (κ1) is 14.0. The van der Waals surface area contributed by atoms with E-state index in [4.69, 9.17) is 10.8 Å². The summed E-state index contributed by atoms with van der Waals surface area (Å²) in [6.45, 7) is 2.54. The molecule has 1 aliphatic rings. The highest BCUT2D eigenvalue weighted by Crippen LogP contribution is 2.38. The Morgan fingerprint density at radius 1 is 1.35 bits per heavy atom. The zero-order valence-corrected chi connectivity index (χ0v) is 10.4. The van der Waals surface area contributed by atoms with Crippen LogP contribution >= 0.6 is 0 Å². The number of carboxylic acid groups (broad SMARTS) is 1. The Balaban J connectivity index is 2.77. The molecule has 5 heteroatoms. The van der Waals surface area contributed by atoms with Crippen molar-refractivity contribution in [2.45, 2.75) is 39.0 Å². The van der Waals surface area contributed by atoms with E-state index in [-0.39, 0.29) is 12.5 Å². The predicted octanol–water partition coefficient (Wildman–Crippen LogP) is 0.829. The van der Waals surface area contributed by atoms with Crippen molar-refractivity contribution in [3.8, 4) is 0 Å². The van der Waals surface area contributed by atoms with E-state index in [0.29, 0.717) is 13.1 Å². The Labute approximate surface area is 102 Å². The van der Waals surface area contributed by atoms with E-state index in [1.54, 1.807) is 0 Å². The highest BCUT2D eigenvalue weighted by atomic mass is 16.4. The first-order chi connectivity index (χ1) is 8.05. The Hall–Kier alpha value is -1.10. The summed E-state index contributed by atoms with van der Waals surface area (Å²) in [4.78, 5) is 24.6. The molecule has 1 saturated carbocycles. The van der Waals surface area contributed by atoms with Gasteiger partial charge in [0.05, 0.1) is 5.41 Å². The molecule has 0 aromatic rings. The SMILES string of the molecule is CCCN(CC(=O)O)C(=O)C1(CN)CCCC1. The summed E-state index contributed by atoms with van der Waals surface area (Å²) in [7, 11) is 0. The second-order valence-electron chi connectivity index (χ2n) is 4.81. The van der Waals surface area contributed by atoms with Gasteiger partial charge in [0.25, 0.3) is 0 Å². The molecular weight excluding hydrogens is 220 g/mol. The van der Waals surface area contributed by atoms with Crippen LogP contribution in [-0.4, -0.2) is 41.5 Å². The largest absolute Gasteiger partial charge is 0.480 e. The summed E-state index contributed by atoms with van der Waals surface area (Å²) < 4.78 is 0. The van der Waals surface area contributed by atoms with E-state index in [0.717, 1.165) is 32.1 Å². The maximum absolute atomic E-state index is 12.4. The second kappa shape index (κ2) is 6.00. The molecule has 98 valence electrons. The van der Waals surface area contributed by atoms with Gasteiger partial charge in [-0.25, -0.2) is 0 Å². The molecule has 0 unspecified atom stereocenters. The number of nitrogens with zero attached hydrogens (tertiary/aromatic N) is 1. The van der Waals surface area contributed by atoms with Crippen molar-refractivity contribution in [1.29, 1.82) is 0 Å². The molecule has 0 spiro atoms. The second-order valence-corrected chi connectivity index (χ2v) is 4.81. The molecule has 0 aromatic carbocycles. The molecule has 0 aliphatic heterocycles. The molecule has 0 aromatic heterocycles. The monoisotopic (exact) mass is 242 g/mol. The van der Waals surface area contributed by atoms with Crippen molar-refractivity contribution in [1.82, 2.24) is 4.90 Å². The van der Waals surface area contributed by atoms with Crippen LogP contribution in [-0.2, 0) is 9.59 Å². The van der Waals surface area contributed by atoms with Gasteiger partial charge < -0.3 is 15.7 Å². The Bertz CT molecular complexity index is 285. The first-order valence-corrected chi connectivity index (χ1v) is 6.27. The van der Waals surface area contributed by atoms with Crippen LogP contribution in [0.3, 0.4) is 0 Å². The number of hydrogen-bond acceptors (Lipinski definition) is 3. The minimum Gasteiger partial charge on any atom is -0.480 e. The molecule has 0 heterocycles. The number of amides is 1. The van der Waals surface area contributed by atoms with Gasteiger partial charge >= 0.3 is 5.97 Å². The third-order valence-electron chi connectivity index (χ3n) is 3.51. The fourth-order valence-electron chi connectivity index (χ4n) is 2.58. The smallest absolute Gasteiger partial charge is 0.323 e. The number of carboxylic acids is 1. The summed E-state index contributed by atoms with van der Waals surface area (Å²) in [5, 5.41) is 8.83. The highest BCUT2D eigenvalue weighted by Gasteiger charge is 2.42. The summed E-state index contributed by atoms with van der Waals surface area (Å²) in [5.41, 5.74) is 5.24. The summed E-state index contributed by atoms with van der Waals surface area (Å²) >= 11 is 0. The van der Waals surface area contributed by atoms with Crippen molar-refractivity contribution in [2.75, 3.05) is 19.6 Å². The number of rotatable bonds is 6. The third-order valence-corrected chi connectivity index (χ3v) is 3.51. The lowest BCUT2D eigenvalue weighted by atomic mass is 9.84. The lowest BCUT2D eigenvalue weighted by Crippen LogP contribution is -2.48. The normalized spacial score (nSPS) is 18.0. The van der Waals surface area contributed by atoms with E-state index in [1.165, 1.54) is 4.90 Å². The van der Waals surface area contributed by atoms with Crippen LogP contribution in [0.5, 0.6) is 0 Å². The third kappa shape index (κ3) is 3.19. The van der Waals surface area contributed by atoms with Gasteiger partial charge in [0.1, 0.15) is 6.54 Å². The van der Waals surface area contributed by atoms with Gasteiger partial charge in [-0.1, -0.05) is 19.8 Å². The van der Waals surface area contributed by atoms with Crippen molar-refractivity contribution in [3.63, 3.8) is 0 Å². The zero-order chi connectivity index (χ0) is 12.9. The van der Waals surface area contributed by atoms with Crippen molar-refractivity contribution in [3.05, 3.63) is 0 Å². The molecular formula is C12H22N2O3. The fraction of sp³-hybridized carbons (Fsp3) is 0.833. The van der Waals surface area contributed by atoms with Crippen molar-refractivity contribution < 1.29 is 14.7 Å². The average molecular weight is 242 g/mol. The van der Waals surface area contributed by atoms with Gasteiger partial charge in [-0.05, 0) is 19.3 Å². The van der Waals surface area contributed by atoms with E-state index in [2.05, 4.69) is 0 Å². The number of aliphatic carboxylic acids is 1. The van der Waals surface area contributed by atoms with E-state index in [1.807, 2.05) is 6.92 Å². The van der Waals surface area contributed by atoms with Crippen LogP contribution < -0.4 is 5.73 Å². The molecule has 3 N–H and O–H groups in total. The van der Waals surface area contributed by atoms with Crippen LogP contribution in [0.1, 0.15) is 39.0 Å². The first-order valence-electron chi connectivity index (χ1n) is 6.27. The van der Waals surface area contributed by atoms with Crippen LogP contribution in [0.15, 0.2) is 0 Å². The van der Waals surface area contributed by atoms with Gasteiger partial charge in [0, 0.05) is 13.1 Å². The van der Waals surface area contributed by atoms with E-state index < -0.39 is 11.4 Å². The topological polar surface area (TPSA) is 83.6 Å². The standard InChI is InChI=1S/C12H22N2O3/c1-2-7-14(8-10(15)16)11(17)12(9-13)5-3-4-6-12/h2-9,13H2,1H3,(H,15,16). The Morgan fingerprint density at radius 3 is 2.35 bits per heavy atom. The lowest BCUT2D eigenvalue weighted by Gasteiger charge is -2.32. The molecule has 0 bridgehead atoms. The minimum absolute atomic E-state index is 0.0678. The average Bonchev–Trinajstić information content (AvgIpc) is 2.76. The minimum atomic E-state index is -0.961. The molecule has 1 aliphatic carbocycles. The summed E-state index contributed by atoms with van der Waals surface area (Å²) in [6.07, 6.45) is 4.37. The van der Waals surface area contributed by atoms with Gasteiger partial charge in [-0.3, -0.25) is 9.59 Å². The number of carbonyl (C=O) groups is 2. The highest BCUT2D eigenvalue weighted by molar-refractivity contribution is 5.86. The quantitative estimate of drug-likeness (QED) is 0.722. The van der Waals surface area contributed by atoms with Crippen LogP contribution in [0.2, 0.25) is 0 Å². The van der Waals surface area contributed by atoms with Crippen LogP contribution in [0, 0.1) is 5.41 Å². The maximum atomic E-state index is 12.4. The Kier molecular flexibility index (Phi) is 4.93. The fourth-order valence-corrected chi connectivity index (χ4v) is 2.58. The van der Waals surface area contributed by atoms with E-state index in [9.17, 15) is 9.59 Å². The number of hydrogen-bond donors (Lipinski definition) is 2. The summed E-state index contributed by atoms with van der Waals surface area (Å²) in [5.74, 6) is -1.03. The molecule has 1 amide bonds. The Morgan fingerprint density at radius 2 is 1.94 bits per heavy atom. The van der Waals surface area contributed by atoms with Gasteiger partial charge in [-0.2, -0.15) is 0 Å². The predicted molar refractivity (Wildman–Crippen MR) is 64.5 cm³/mol. The molecule has 5 nitrogen and oxygen atoms in total. The van der Waals surface area contributed by atoms with Gasteiger partial charge in [-0.15, -0.1) is 0 Å². The molecule has 17 heavy (non-hydrogen) atoms. The summed E-state index contributed by atoms with van der Waals surface area (Å²) in [6, 6.07) is 0. The van der Waals surface area contributed by atoms with Gasteiger partial charge in [0.15, 0.2) is 0 Å².